The summed E-state index contributed by atoms with van der Waals surface area (Å²) in [6, 6.07) is 11.2. The lowest BCUT2D eigenvalue weighted by molar-refractivity contribution is 0.438. The summed E-state index contributed by atoms with van der Waals surface area (Å²) >= 11 is 1.73. The highest BCUT2D eigenvalue weighted by molar-refractivity contribution is 7.17. The second kappa shape index (κ2) is 6.39. The number of hydrogen-bond acceptors (Lipinski definition) is 3. The lowest BCUT2D eigenvalue weighted by Gasteiger charge is -2.20. The standard InChI is InChI=1S/C17H20N2S/c18-11-16(19-13-7-3-1-2-4-8-13)15-12-20-17-10-6-5-9-14(15)17/h5-6,9-10,12-13,16,19H,1-4,7-8H2. The van der Waals surface area contributed by atoms with Gasteiger partial charge in [0.15, 0.2) is 0 Å². The molecule has 0 saturated heterocycles. The molecule has 0 radical (unpaired) electrons. The Morgan fingerprint density at radius 3 is 2.65 bits per heavy atom. The van der Waals surface area contributed by atoms with Gasteiger partial charge in [0.1, 0.15) is 6.04 Å². The van der Waals surface area contributed by atoms with E-state index >= 15 is 0 Å². The number of hydrogen-bond donors (Lipinski definition) is 1. The van der Waals surface area contributed by atoms with Crippen LogP contribution in [0.1, 0.15) is 50.1 Å². The summed E-state index contributed by atoms with van der Waals surface area (Å²) in [5.41, 5.74) is 1.15. The van der Waals surface area contributed by atoms with Crippen LogP contribution in [0.2, 0.25) is 0 Å². The van der Waals surface area contributed by atoms with Gasteiger partial charge in [0, 0.05) is 16.3 Å². The van der Waals surface area contributed by atoms with Gasteiger partial charge in [0.2, 0.25) is 0 Å². The zero-order valence-corrected chi connectivity index (χ0v) is 12.5. The SMILES string of the molecule is N#CC(NC1CCCCCC1)c1csc2ccccc12. The number of benzene rings is 1. The van der Waals surface area contributed by atoms with Crippen molar-refractivity contribution in [1.29, 1.82) is 5.26 Å². The van der Waals surface area contributed by atoms with E-state index in [1.165, 1.54) is 48.6 Å². The molecule has 2 aromatic rings. The van der Waals surface area contributed by atoms with Crippen molar-refractivity contribution in [1.82, 2.24) is 5.32 Å². The molecule has 1 aromatic carbocycles. The zero-order valence-electron chi connectivity index (χ0n) is 11.6. The normalized spacial score (nSPS) is 18.6. The summed E-state index contributed by atoms with van der Waals surface area (Å²) in [7, 11) is 0. The van der Waals surface area contributed by atoms with Gasteiger partial charge in [-0.05, 0) is 29.7 Å². The Morgan fingerprint density at radius 1 is 1.15 bits per heavy atom. The minimum Gasteiger partial charge on any atom is -0.295 e. The van der Waals surface area contributed by atoms with E-state index < -0.39 is 0 Å². The van der Waals surface area contributed by atoms with Gasteiger partial charge in [-0.3, -0.25) is 5.32 Å². The van der Waals surface area contributed by atoms with Gasteiger partial charge in [-0.25, -0.2) is 0 Å². The molecule has 1 fully saturated rings. The molecular formula is C17H20N2S. The third-order valence-corrected chi connectivity index (χ3v) is 5.19. The Bertz CT molecular complexity index is 603. The molecule has 1 aliphatic carbocycles. The smallest absolute Gasteiger partial charge is 0.122 e. The van der Waals surface area contributed by atoms with Crippen LogP contribution in [-0.4, -0.2) is 6.04 Å². The molecule has 0 bridgehead atoms. The summed E-state index contributed by atoms with van der Waals surface area (Å²) in [4.78, 5) is 0. The summed E-state index contributed by atoms with van der Waals surface area (Å²) in [5.74, 6) is 0. The minimum atomic E-state index is -0.172. The fourth-order valence-corrected chi connectivity index (χ4v) is 4.09. The van der Waals surface area contributed by atoms with Crippen molar-refractivity contribution in [3.8, 4) is 6.07 Å². The molecule has 1 atom stereocenters. The number of thiophene rings is 1. The second-order valence-corrected chi connectivity index (χ2v) is 6.52. The first kappa shape index (κ1) is 13.6. The van der Waals surface area contributed by atoms with Crippen molar-refractivity contribution < 1.29 is 0 Å². The quantitative estimate of drug-likeness (QED) is 0.823. The van der Waals surface area contributed by atoms with Crippen LogP contribution in [0, 0.1) is 11.3 Å². The lowest BCUT2D eigenvalue weighted by atomic mass is 10.0. The molecule has 1 unspecified atom stereocenters. The fourth-order valence-electron chi connectivity index (χ4n) is 3.10. The fraction of sp³-hybridized carbons (Fsp3) is 0.471. The highest BCUT2D eigenvalue weighted by Crippen LogP contribution is 2.31. The highest BCUT2D eigenvalue weighted by atomic mass is 32.1. The van der Waals surface area contributed by atoms with E-state index in [0.29, 0.717) is 6.04 Å². The number of nitrogens with zero attached hydrogens (tertiary/aromatic N) is 1. The second-order valence-electron chi connectivity index (χ2n) is 5.60. The Morgan fingerprint density at radius 2 is 1.90 bits per heavy atom. The van der Waals surface area contributed by atoms with Gasteiger partial charge >= 0.3 is 0 Å². The van der Waals surface area contributed by atoms with Crippen LogP contribution in [0.4, 0.5) is 0 Å². The van der Waals surface area contributed by atoms with E-state index in [1.807, 2.05) is 0 Å². The number of rotatable bonds is 3. The predicted octanol–water partition coefficient (Wildman–Crippen LogP) is 4.78. The number of nitriles is 1. The van der Waals surface area contributed by atoms with Crippen LogP contribution < -0.4 is 5.32 Å². The number of nitrogens with one attached hydrogen (secondary N) is 1. The van der Waals surface area contributed by atoms with Crippen molar-refractivity contribution in [3.63, 3.8) is 0 Å². The summed E-state index contributed by atoms with van der Waals surface area (Å²) < 4.78 is 1.27. The first-order chi connectivity index (χ1) is 9.88. The Kier molecular flexibility index (Phi) is 4.34. The molecule has 3 rings (SSSR count). The first-order valence-corrected chi connectivity index (χ1v) is 8.38. The first-order valence-electron chi connectivity index (χ1n) is 7.50. The maximum absolute atomic E-state index is 9.55. The van der Waals surface area contributed by atoms with E-state index in [9.17, 15) is 5.26 Å². The van der Waals surface area contributed by atoms with E-state index in [1.54, 1.807) is 11.3 Å². The third-order valence-electron chi connectivity index (χ3n) is 4.21. The summed E-state index contributed by atoms with van der Waals surface area (Å²) in [5, 5.41) is 16.5. The molecule has 1 heterocycles. The molecule has 2 nitrogen and oxygen atoms in total. The highest BCUT2D eigenvalue weighted by Gasteiger charge is 2.20. The molecule has 104 valence electrons. The van der Waals surface area contributed by atoms with E-state index in [2.05, 4.69) is 41.0 Å². The Balaban J connectivity index is 1.81. The molecule has 1 aliphatic rings. The van der Waals surface area contributed by atoms with Crippen molar-refractivity contribution in [2.24, 2.45) is 0 Å². The van der Waals surface area contributed by atoms with E-state index in [4.69, 9.17) is 0 Å². The Hall–Kier alpha value is -1.37. The van der Waals surface area contributed by atoms with Gasteiger partial charge in [0.25, 0.3) is 0 Å². The predicted molar refractivity (Wildman–Crippen MR) is 84.8 cm³/mol. The molecular weight excluding hydrogens is 264 g/mol. The van der Waals surface area contributed by atoms with E-state index in [-0.39, 0.29) is 6.04 Å². The van der Waals surface area contributed by atoms with Crippen molar-refractivity contribution in [2.75, 3.05) is 0 Å². The molecule has 3 heteroatoms. The third kappa shape index (κ3) is 2.87. The van der Waals surface area contributed by atoms with Gasteiger partial charge in [-0.1, -0.05) is 43.9 Å². The largest absolute Gasteiger partial charge is 0.295 e. The van der Waals surface area contributed by atoms with Crippen molar-refractivity contribution in [2.45, 2.75) is 50.6 Å². The molecule has 0 amide bonds. The van der Waals surface area contributed by atoms with Gasteiger partial charge in [-0.15, -0.1) is 11.3 Å². The topological polar surface area (TPSA) is 35.8 Å². The van der Waals surface area contributed by atoms with Gasteiger partial charge < -0.3 is 0 Å². The molecule has 1 saturated carbocycles. The summed E-state index contributed by atoms with van der Waals surface area (Å²) in [6.45, 7) is 0. The molecule has 1 N–H and O–H groups in total. The maximum Gasteiger partial charge on any atom is 0.122 e. The minimum absolute atomic E-state index is 0.172. The number of fused-ring (bicyclic) bond motifs is 1. The Labute approximate surface area is 124 Å². The van der Waals surface area contributed by atoms with Crippen LogP contribution in [0.25, 0.3) is 10.1 Å². The van der Waals surface area contributed by atoms with Crippen LogP contribution in [0.3, 0.4) is 0 Å². The average Bonchev–Trinajstić information content (AvgIpc) is 2.74. The van der Waals surface area contributed by atoms with Crippen molar-refractivity contribution >= 4 is 21.4 Å². The van der Waals surface area contributed by atoms with Crippen LogP contribution in [0.5, 0.6) is 0 Å². The molecule has 20 heavy (non-hydrogen) atoms. The molecule has 1 aromatic heterocycles. The van der Waals surface area contributed by atoms with Gasteiger partial charge in [-0.2, -0.15) is 5.26 Å². The molecule has 0 spiro atoms. The maximum atomic E-state index is 9.55. The van der Waals surface area contributed by atoms with Gasteiger partial charge in [0.05, 0.1) is 6.07 Å². The van der Waals surface area contributed by atoms with Crippen LogP contribution >= 0.6 is 11.3 Å². The van der Waals surface area contributed by atoms with E-state index in [0.717, 1.165) is 5.56 Å². The lowest BCUT2D eigenvalue weighted by Crippen LogP contribution is -2.31. The monoisotopic (exact) mass is 284 g/mol. The zero-order chi connectivity index (χ0) is 13.8. The van der Waals surface area contributed by atoms with Crippen LogP contribution in [-0.2, 0) is 0 Å². The summed E-state index contributed by atoms with van der Waals surface area (Å²) in [6.07, 6.45) is 7.69. The van der Waals surface area contributed by atoms with Crippen LogP contribution in [0.15, 0.2) is 29.6 Å². The average molecular weight is 284 g/mol. The molecule has 0 aliphatic heterocycles. The van der Waals surface area contributed by atoms with Crippen molar-refractivity contribution in [3.05, 3.63) is 35.2 Å².